The van der Waals surface area contributed by atoms with Gasteiger partial charge in [-0.25, -0.2) is 0 Å². The number of hydrogen-bond acceptors (Lipinski definition) is 1. The predicted molar refractivity (Wildman–Crippen MR) is 50.0 cm³/mol. The van der Waals surface area contributed by atoms with Crippen molar-refractivity contribution in [3.8, 4) is 0 Å². The van der Waals surface area contributed by atoms with Gasteiger partial charge in [0.15, 0.2) is 5.95 Å². The lowest BCUT2D eigenvalue weighted by Crippen LogP contribution is -2.04. The summed E-state index contributed by atoms with van der Waals surface area (Å²) in [6.45, 7) is 0. The highest BCUT2D eigenvalue weighted by molar-refractivity contribution is 5.08. The second-order valence-corrected chi connectivity index (χ2v) is 2.74. The molecule has 0 aromatic carbocycles. The summed E-state index contributed by atoms with van der Waals surface area (Å²) in [5, 5.41) is 0. The van der Waals surface area contributed by atoms with E-state index in [-0.39, 0.29) is 0 Å². The summed E-state index contributed by atoms with van der Waals surface area (Å²) < 4.78 is 46.7. The lowest BCUT2D eigenvalue weighted by atomic mass is 10.4. The van der Waals surface area contributed by atoms with Crippen LogP contribution in [0.3, 0.4) is 0 Å². The molecule has 0 atom stereocenters. The van der Waals surface area contributed by atoms with Gasteiger partial charge >= 0.3 is 6.18 Å². The summed E-state index contributed by atoms with van der Waals surface area (Å²) in [5.74, 6) is -0.979. The number of pyridine rings is 1. The maximum Gasteiger partial charge on any atom is 0.431 e. The lowest BCUT2D eigenvalue weighted by molar-refractivity contribution is -0.141. The standard InChI is InChI=1S/C5H3F4N.C5H5N/c6-4-2-1-3(10-4)5(7,8)9;1-2-4-6-5-3-1/h1-2,10H;1-5H. The molecule has 0 unspecified atom stereocenters. The van der Waals surface area contributed by atoms with Crippen molar-refractivity contribution in [2.75, 3.05) is 0 Å². The van der Waals surface area contributed by atoms with Crippen molar-refractivity contribution < 1.29 is 17.6 Å². The number of nitrogens with one attached hydrogen (secondary N) is 1. The fourth-order valence-corrected chi connectivity index (χ4v) is 0.846. The van der Waals surface area contributed by atoms with Gasteiger partial charge in [-0.3, -0.25) is 4.98 Å². The molecule has 0 aliphatic carbocycles. The number of H-pyrrole nitrogens is 1. The molecule has 2 aromatic heterocycles. The van der Waals surface area contributed by atoms with Gasteiger partial charge < -0.3 is 4.98 Å². The van der Waals surface area contributed by atoms with Crippen molar-refractivity contribution in [2.24, 2.45) is 0 Å². The van der Waals surface area contributed by atoms with Crippen LogP contribution in [0.4, 0.5) is 17.6 Å². The lowest BCUT2D eigenvalue weighted by Gasteiger charge is -2.00. The number of aromatic amines is 1. The van der Waals surface area contributed by atoms with E-state index >= 15 is 0 Å². The predicted octanol–water partition coefficient (Wildman–Crippen LogP) is 3.25. The Balaban J connectivity index is 0.000000181. The highest BCUT2D eigenvalue weighted by Crippen LogP contribution is 2.27. The van der Waals surface area contributed by atoms with Gasteiger partial charge in [-0.1, -0.05) is 6.07 Å². The molecule has 16 heavy (non-hydrogen) atoms. The van der Waals surface area contributed by atoms with Crippen molar-refractivity contribution in [3.05, 3.63) is 54.4 Å². The third-order valence-electron chi connectivity index (χ3n) is 1.52. The fraction of sp³-hybridized carbons (Fsp3) is 0.100. The average molecular weight is 232 g/mol. The maximum absolute atomic E-state index is 11.9. The highest BCUT2D eigenvalue weighted by Gasteiger charge is 2.32. The minimum atomic E-state index is -4.48. The molecule has 0 saturated heterocycles. The summed E-state index contributed by atoms with van der Waals surface area (Å²) in [6.07, 6.45) is -0.982. The van der Waals surface area contributed by atoms with Crippen LogP contribution in [0.1, 0.15) is 5.69 Å². The van der Waals surface area contributed by atoms with E-state index in [0.717, 1.165) is 6.07 Å². The molecular formula is C10H8F4N2. The Labute approximate surface area is 89.0 Å². The topological polar surface area (TPSA) is 28.7 Å². The van der Waals surface area contributed by atoms with Crippen molar-refractivity contribution in [1.82, 2.24) is 9.97 Å². The molecule has 6 heteroatoms. The first-order chi connectivity index (χ1) is 7.50. The van der Waals surface area contributed by atoms with Crippen LogP contribution in [0.15, 0.2) is 42.7 Å². The number of alkyl halides is 3. The maximum atomic E-state index is 11.9. The van der Waals surface area contributed by atoms with Gasteiger partial charge in [0.2, 0.25) is 0 Å². The molecule has 2 rings (SSSR count). The second-order valence-electron chi connectivity index (χ2n) is 2.74. The molecule has 0 aliphatic heterocycles. The van der Waals surface area contributed by atoms with E-state index in [9.17, 15) is 17.6 Å². The quantitative estimate of drug-likeness (QED) is 0.694. The zero-order valence-corrected chi connectivity index (χ0v) is 8.00. The van der Waals surface area contributed by atoms with Gasteiger partial charge in [0.05, 0.1) is 0 Å². The Morgan fingerprint density at radius 2 is 1.62 bits per heavy atom. The number of aromatic nitrogens is 2. The number of nitrogens with zero attached hydrogens (tertiary/aromatic N) is 1. The number of hydrogen-bond donors (Lipinski definition) is 1. The van der Waals surface area contributed by atoms with Gasteiger partial charge in [0.1, 0.15) is 5.69 Å². The van der Waals surface area contributed by atoms with E-state index in [4.69, 9.17) is 0 Å². The summed E-state index contributed by atoms with van der Waals surface area (Å²) in [4.78, 5) is 5.31. The Hall–Kier alpha value is -1.85. The minimum absolute atomic E-state index is 0.648. The Bertz CT molecular complexity index is 382. The molecule has 0 saturated carbocycles. The molecule has 0 fully saturated rings. The highest BCUT2D eigenvalue weighted by atomic mass is 19.4. The van der Waals surface area contributed by atoms with E-state index in [2.05, 4.69) is 4.98 Å². The SMILES string of the molecule is Fc1ccc(C(F)(F)F)[nH]1.c1ccncc1. The van der Waals surface area contributed by atoms with Crippen molar-refractivity contribution in [2.45, 2.75) is 6.18 Å². The van der Waals surface area contributed by atoms with Gasteiger partial charge in [-0.05, 0) is 24.3 Å². The molecule has 2 aromatic rings. The van der Waals surface area contributed by atoms with E-state index < -0.39 is 17.8 Å². The van der Waals surface area contributed by atoms with Crippen LogP contribution in [-0.2, 0) is 6.18 Å². The average Bonchev–Trinajstić information content (AvgIpc) is 2.68. The van der Waals surface area contributed by atoms with Crippen molar-refractivity contribution >= 4 is 0 Å². The smallest absolute Gasteiger partial charge is 0.328 e. The third kappa shape index (κ3) is 4.12. The Morgan fingerprint density at radius 1 is 1.00 bits per heavy atom. The largest absolute Gasteiger partial charge is 0.431 e. The number of halogens is 4. The van der Waals surface area contributed by atoms with Gasteiger partial charge in [-0.2, -0.15) is 17.6 Å². The molecule has 0 radical (unpaired) electrons. The molecule has 2 heterocycles. The summed E-state index contributed by atoms with van der Waals surface area (Å²) >= 11 is 0. The summed E-state index contributed by atoms with van der Waals surface area (Å²) in [6, 6.07) is 7.09. The number of rotatable bonds is 0. The Morgan fingerprint density at radius 3 is 1.81 bits per heavy atom. The van der Waals surface area contributed by atoms with Crippen LogP contribution in [0.5, 0.6) is 0 Å². The molecular weight excluding hydrogens is 224 g/mol. The van der Waals surface area contributed by atoms with E-state index in [1.165, 1.54) is 4.98 Å². The van der Waals surface area contributed by atoms with Crippen LogP contribution in [0, 0.1) is 5.95 Å². The van der Waals surface area contributed by atoms with Gasteiger partial charge in [0, 0.05) is 12.4 Å². The summed E-state index contributed by atoms with van der Waals surface area (Å²) in [5.41, 5.74) is -1.06. The van der Waals surface area contributed by atoms with Crippen LogP contribution >= 0.6 is 0 Å². The molecule has 0 spiro atoms. The second kappa shape index (κ2) is 5.29. The first-order valence-electron chi connectivity index (χ1n) is 4.27. The monoisotopic (exact) mass is 232 g/mol. The molecule has 0 amide bonds. The molecule has 2 nitrogen and oxygen atoms in total. The van der Waals surface area contributed by atoms with Crippen LogP contribution < -0.4 is 0 Å². The van der Waals surface area contributed by atoms with Crippen LogP contribution in [-0.4, -0.2) is 9.97 Å². The van der Waals surface area contributed by atoms with E-state index in [1.54, 1.807) is 12.4 Å². The van der Waals surface area contributed by atoms with Crippen molar-refractivity contribution in [1.29, 1.82) is 0 Å². The fourth-order valence-electron chi connectivity index (χ4n) is 0.846. The third-order valence-corrected chi connectivity index (χ3v) is 1.52. The van der Waals surface area contributed by atoms with E-state index in [1.807, 2.05) is 18.2 Å². The van der Waals surface area contributed by atoms with Crippen LogP contribution in [0.2, 0.25) is 0 Å². The van der Waals surface area contributed by atoms with E-state index in [0.29, 0.717) is 6.07 Å². The Kier molecular flexibility index (Phi) is 4.04. The zero-order chi connectivity index (χ0) is 12.0. The van der Waals surface area contributed by atoms with Gasteiger partial charge in [-0.15, -0.1) is 0 Å². The molecule has 86 valence electrons. The molecule has 0 bridgehead atoms. The first-order valence-corrected chi connectivity index (χ1v) is 4.27. The molecule has 0 aliphatic rings. The first kappa shape index (κ1) is 12.2. The van der Waals surface area contributed by atoms with Crippen LogP contribution in [0.25, 0.3) is 0 Å². The van der Waals surface area contributed by atoms with Crippen molar-refractivity contribution in [3.63, 3.8) is 0 Å². The molecule has 1 N–H and O–H groups in total. The van der Waals surface area contributed by atoms with Gasteiger partial charge in [0.25, 0.3) is 0 Å². The normalized spacial score (nSPS) is 10.5. The minimum Gasteiger partial charge on any atom is -0.328 e. The summed E-state index contributed by atoms with van der Waals surface area (Å²) in [7, 11) is 0. The zero-order valence-electron chi connectivity index (χ0n) is 8.00.